The van der Waals surface area contributed by atoms with Gasteiger partial charge in [-0.3, -0.25) is 9.20 Å². The molecule has 2 aromatic heterocycles. The van der Waals surface area contributed by atoms with E-state index in [0.29, 0.717) is 5.65 Å². The molecule has 0 aromatic carbocycles. The fourth-order valence-electron chi connectivity index (χ4n) is 1.56. The summed E-state index contributed by atoms with van der Waals surface area (Å²) in [6.45, 7) is -0.789. The molecule has 106 valence electrons. The molecule has 0 radical (unpaired) electrons. The Morgan fingerprint density at radius 2 is 2.15 bits per heavy atom. The molecule has 2 rings (SSSR count). The Morgan fingerprint density at radius 3 is 2.80 bits per heavy atom. The SMILES string of the molecule is O=C(Cn1nc2ccccn2c1=O)NCC(O)C(=O)O. The number of aliphatic hydroxyl groups is 1. The fourth-order valence-corrected chi connectivity index (χ4v) is 1.56. The third kappa shape index (κ3) is 2.83. The van der Waals surface area contributed by atoms with Crippen molar-refractivity contribution in [1.82, 2.24) is 19.5 Å². The molecule has 0 bridgehead atoms. The Hall–Kier alpha value is -2.68. The summed E-state index contributed by atoms with van der Waals surface area (Å²) in [5, 5.41) is 23.6. The van der Waals surface area contributed by atoms with Crippen LogP contribution in [-0.2, 0) is 16.1 Å². The van der Waals surface area contributed by atoms with Crippen LogP contribution in [0.4, 0.5) is 0 Å². The summed E-state index contributed by atoms with van der Waals surface area (Å²) in [7, 11) is 0. The summed E-state index contributed by atoms with van der Waals surface area (Å²) in [4.78, 5) is 33.8. The Balaban J connectivity index is 2.05. The minimum atomic E-state index is -1.68. The van der Waals surface area contributed by atoms with E-state index in [0.717, 1.165) is 4.68 Å². The van der Waals surface area contributed by atoms with Crippen LogP contribution in [0.3, 0.4) is 0 Å². The minimum absolute atomic E-state index is 0.354. The molecule has 1 atom stereocenters. The largest absolute Gasteiger partial charge is 0.479 e. The van der Waals surface area contributed by atoms with Crippen molar-refractivity contribution in [3.63, 3.8) is 0 Å². The lowest BCUT2D eigenvalue weighted by Crippen LogP contribution is -2.39. The highest BCUT2D eigenvalue weighted by atomic mass is 16.4. The number of rotatable bonds is 5. The lowest BCUT2D eigenvalue weighted by atomic mass is 10.3. The summed E-state index contributed by atoms with van der Waals surface area (Å²) in [6.07, 6.45) is -0.162. The number of carboxylic acid groups (broad SMARTS) is 1. The van der Waals surface area contributed by atoms with E-state index in [2.05, 4.69) is 10.4 Å². The number of aliphatic carboxylic acids is 1. The minimum Gasteiger partial charge on any atom is -0.479 e. The lowest BCUT2D eigenvalue weighted by Gasteiger charge is -2.07. The summed E-state index contributed by atoms with van der Waals surface area (Å²) < 4.78 is 2.23. The highest BCUT2D eigenvalue weighted by molar-refractivity contribution is 5.77. The number of hydrogen-bond acceptors (Lipinski definition) is 5. The van der Waals surface area contributed by atoms with Crippen molar-refractivity contribution in [1.29, 1.82) is 0 Å². The third-order valence-corrected chi connectivity index (χ3v) is 2.56. The van der Waals surface area contributed by atoms with Gasteiger partial charge in [0.25, 0.3) is 0 Å². The molecule has 0 spiro atoms. The zero-order chi connectivity index (χ0) is 14.7. The van der Waals surface area contributed by atoms with Gasteiger partial charge >= 0.3 is 11.7 Å². The van der Waals surface area contributed by atoms with Gasteiger partial charge in [-0.05, 0) is 12.1 Å². The number of fused-ring (bicyclic) bond motifs is 1. The predicted molar refractivity (Wildman–Crippen MR) is 66.1 cm³/mol. The highest BCUT2D eigenvalue weighted by Crippen LogP contribution is 1.94. The van der Waals surface area contributed by atoms with Gasteiger partial charge in [0.05, 0.1) is 6.54 Å². The van der Waals surface area contributed by atoms with Gasteiger partial charge in [-0.15, -0.1) is 5.10 Å². The average molecular weight is 280 g/mol. The monoisotopic (exact) mass is 280 g/mol. The van der Waals surface area contributed by atoms with E-state index >= 15 is 0 Å². The molecule has 0 aliphatic heterocycles. The molecule has 0 saturated carbocycles. The first-order valence-corrected chi connectivity index (χ1v) is 5.71. The number of carbonyl (C=O) groups is 2. The molecule has 2 heterocycles. The third-order valence-electron chi connectivity index (χ3n) is 2.56. The number of nitrogens with one attached hydrogen (secondary N) is 1. The maximum Gasteiger partial charge on any atom is 0.350 e. The van der Waals surface area contributed by atoms with Crippen LogP contribution in [0.15, 0.2) is 29.2 Å². The molecule has 9 nitrogen and oxygen atoms in total. The molecule has 0 fully saturated rings. The van der Waals surface area contributed by atoms with Gasteiger partial charge in [0, 0.05) is 6.20 Å². The van der Waals surface area contributed by atoms with Crippen molar-refractivity contribution in [2.24, 2.45) is 0 Å². The Bertz CT molecular complexity index is 704. The maximum atomic E-state index is 11.9. The Kier molecular flexibility index (Phi) is 3.80. The number of hydrogen-bond donors (Lipinski definition) is 3. The van der Waals surface area contributed by atoms with Crippen molar-refractivity contribution >= 4 is 17.5 Å². The van der Waals surface area contributed by atoms with Crippen LogP contribution in [-0.4, -0.2) is 48.9 Å². The van der Waals surface area contributed by atoms with Crippen molar-refractivity contribution < 1.29 is 19.8 Å². The molecule has 20 heavy (non-hydrogen) atoms. The van der Waals surface area contributed by atoms with Gasteiger partial charge in [0.2, 0.25) is 5.91 Å². The second kappa shape index (κ2) is 5.53. The van der Waals surface area contributed by atoms with Crippen LogP contribution in [0.1, 0.15) is 0 Å². The summed E-state index contributed by atoms with van der Waals surface area (Å²) in [5.41, 5.74) is -0.0783. The zero-order valence-corrected chi connectivity index (χ0v) is 10.3. The molecule has 0 aliphatic carbocycles. The molecule has 1 unspecified atom stereocenters. The first-order valence-electron chi connectivity index (χ1n) is 5.71. The highest BCUT2D eigenvalue weighted by Gasteiger charge is 2.15. The smallest absolute Gasteiger partial charge is 0.350 e. The number of aromatic nitrogens is 3. The first kappa shape index (κ1) is 13.7. The van der Waals surface area contributed by atoms with E-state index in [9.17, 15) is 14.4 Å². The summed E-state index contributed by atoms with van der Waals surface area (Å²) in [5.74, 6) is -2.05. The summed E-state index contributed by atoms with van der Waals surface area (Å²) in [6, 6.07) is 4.98. The molecule has 3 N–H and O–H groups in total. The number of aliphatic hydroxyl groups excluding tert-OH is 1. The number of pyridine rings is 1. The normalized spacial score (nSPS) is 12.2. The second-order valence-corrected chi connectivity index (χ2v) is 4.03. The van der Waals surface area contributed by atoms with Crippen LogP contribution in [0.25, 0.3) is 5.65 Å². The zero-order valence-electron chi connectivity index (χ0n) is 10.3. The molecule has 0 saturated heterocycles. The average Bonchev–Trinajstić information content (AvgIpc) is 2.73. The van der Waals surface area contributed by atoms with Gasteiger partial charge in [0.1, 0.15) is 6.54 Å². The topological polar surface area (TPSA) is 126 Å². The Labute approximate surface area is 112 Å². The number of carboxylic acids is 1. The van der Waals surface area contributed by atoms with Crippen LogP contribution in [0, 0.1) is 0 Å². The van der Waals surface area contributed by atoms with Crippen LogP contribution in [0.5, 0.6) is 0 Å². The van der Waals surface area contributed by atoms with Crippen molar-refractivity contribution in [2.75, 3.05) is 6.54 Å². The molecular weight excluding hydrogens is 268 g/mol. The predicted octanol–water partition coefficient (Wildman–Crippen LogP) is -1.94. The molecular formula is C11H12N4O5. The molecule has 2 aromatic rings. The van der Waals surface area contributed by atoms with Crippen molar-refractivity contribution in [3.8, 4) is 0 Å². The molecule has 1 amide bonds. The first-order chi connectivity index (χ1) is 9.49. The van der Waals surface area contributed by atoms with Gasteiger partial charge in [0.15, 0.2) is 11.8 Å². The van der Waals surface area contributed by atoms with Gasteiger partial charge < -0.3 is 15.5 Å². The standard InChI is InChI=1S/C11H12N4O5/c16-7(10(18)19)5-12-9(17)6-15-11(20)14-4-2-1-3-8(14)13-15/h1-4,7,16H,5-6H2,(H,12,17)(H,18,19). The number of carbonyl (C=O) groups excluding carboxylic acids is 1. The number of amides is 1. The van der Waals surface area contributed by atoms with E-state index in [1.807, 2.05) is 0 Å². The van der Waals surface area contributed by atoms with Crippen molar-refractivity contribution in [3.05, 3.63) is 34.9 Å². The number of nitrogens with zero attached hydrogens (tertiary/aromatic N) is 3. The maximum absolute atomic E-state index is 11.9. The van der Waals surface area contributed by atoms with Gasteiger partial charge in [-0.25, -0.2) is 14.3 Å². The molecule has 0 aliphatic rings. The van der Waals surface area contributed by atoms with Crippen molar-refractivity contribution in [2.45, 2.75) is 12.6 Å². The second-order valence-electron chi connectivity index (χ2n) is 4.03. The van der Waals surface area contributed by atoms with Gasteiger partial charge in [-0.1, -0.05) is 6.07 Å². The van der Waals surface area contributed by atoms with Gasteiger partial charge in [-0.2, -0.15) is 0 Å². The van der Waals surface area contributed by atoms with E-state index in [-0.39, 0.29) is 6.54 Å². The quantitative estimate of drug-likeness (QED) is 0.585. The van der Waals surface area contributed by atoms with E-state index in [1.54, 1.807) is 18.2 Å². The fraction of sp³-hybridized carbons (Fsp3) is 0.273. The van der Waals surface area contributed by atoms with E-state index in [1.165, 1.54) is 10.6 Å². The van der Waals surface area contributed by atoms with E-state index in [4.69, 9.17) is 10.2 Å². The van der Waals surface area contributed by atoms with Crippen LogP contribution < -0.4 is 11.0 Å². The van der Waals surface area contributed by atoms with Crippen LogP contribution in [0.2, 0.25) is 0 Å². The Morgan fingerprint density at radius 1 is 1.40 bits per heavy atom. The molecule has 9 heteroatoms. The summed E-state index contributed by atoms with van der Waals surface area (Å²) >= 11 is 0. The lowest BCUT2D eigenvalue weighted by molar-refractivity contribution is -0.146. The van der Waals surface area contributed by atoms with E-state index < -0.39 is 30.2 Å². The van der Waals surface area contributed by atoms with Crippen LogP contribution >= 0.6 is 0 Å².